The van der Waals surface area contributed by atoms with Crippen LogP contribution >= 0.6 is 11.6 Å². The molecule has 5 nitrogen and oxygen atoms in total. The Morgan fingerprint density at radius 3 is 2.70 bits per heavy atom. The van der Waals surface area contributed by atoms with Crippen LogP contribution in [-0.4, -0.2) is 20.5 Å². The molecule has 27 heavy (non-hydrogen) atoms. The van der Waals surface area contributed by atoms with E-state index in [1.165, 1.54) is 0 Å². The Hall–Kier alpha value is -2.61. The Kier molecular flexibility index (Phi) is 4.10. The molecule has 1 aromatic carbocycles. The molecule has 0 atom stereocenters. The van der Waals surface area contributed by atoms with Crippen molar-refractivity contribution in [3.63, 3.8) is 0 Å². The molecule has 0 saturated heterocycles. The first-order valence-electron chi connectivity index (χ1n) is 8.27. The summed E-state index contributed by atoms with van der Waals surface area (Å²) in [5.41, 5.74) is 0.509. The maximum absolute atomic E-state index is 13.4. The van der Waals surface area contributed by atoms with Crippen molar-refractivity contribution in [2.24, 2.45) is 0 Å². The highest BCUT2D eigenvalue weighted by Crippen LogP contribution is 2.41. The van der Waals surface area contributed by atoms with E-state index in [1.54, 1.807) is 25.1 Å². The zero-order chi connectivity index (χ0) is 19.3. The summed E-state index contributed by atoms with van der Waals surface area (Å²) < 4.78 is 41.0. The summed E-state index contributed by atoms with van der Waals surface area (Å²) >= 11 is 5.95. The number of aryl methyl sites for hydroxylation is 1. The quantitative estimate of drug-likeness (QED) is 0.691. The van der Waals surface area contributed by atoms with Gasteiger partial charge < -0.3 is 5.32 Å². The molecule has 0 bridgehead atoms. The number of anilines is 1. The number of nitrogens with zero attached hydrogens (tertiary/aromatic N) is 3. The number of fused-ring (bicyclic) bond motifs is 1. The van der Waals surface area contributed by atoms with Crippen molar-refractivity contribution in [3.05, 3.63) is 58.0 Å². The van der Waals surface area contributed by atoms with Gasteiger partial charge in [-0.05, 0) is 43.5 Å². The first-order chi connectivity index (χ1) is 12.7. The lowest BCUT2D eigenvalue weighted by Crippen LogP contribution is -2.16. The first kappa shape index (κ1) is 17.8. The van der Waals surface area contributed by atoms with Crippen LogP contribution in [0.15, 0.2) is 30.5 Å². The minimum atomic E-state index is -4.60. The first-order valence-corrected chi connectivity index (χ1v) is 8.65. The van der Waals surface area contributed by atoms with E-state index >= 15 is 0 Å². The van der Waals surface area contributed by atoms with Gasteiger partial charge in [0.2, 0.25) is 0 Å². The summed E-state index contributed by atoms with van der Waals surface area (Å²) in [6.07, 6.45) is -1.92. The van der Waals surface area contributed by atoms with Crippen LogP contribution in [0, 0.1) is 6.92 Å². The lowest BCUT2D eigenvalue weighted by atomic mass is 10.2. The molecule has 4 rings (SSSR count). The summed E-state index contributed by atoms with van der Waals surface area (Å²) in [6.45, 7) is 1.78. The average molecular weight is 395 g/mol. The summed E-state index contributed by atoms with van der Waals surface area (Å²) in [4.78, 5) is 17.0. The summed E-state index contributed by atoms with van der Waals surface area (Å²) in [5, 5.41) is 6.86. The molecule has 1 fully saturated rings. The molecule has 2 aromatic heterocycles. The maximum Gasteiger partial charge on any atom is 0.433 e. The average Bonchev–Trinajstić information content (AvgIpc) is 3.35. The molecule has 0 spiro atoms. The fraction of sp³-hybridized carbons (Fsp3) is 0.278. The van der Waals surface area contributed by atoms with Gasteiger partial charge in [0.25, 0.3) is 5.91 Å². The van der Waals surface area contributed by atoms with Crippen molar-refractivity contribution in [1.29, 1.82) is 0 Å². The van der Waals surface area contributed by atoms with Crippen LogP contribution < -0.4 is 5.32 Å². The molecule has 1 amide bonds. The van der Waals surface area contributed by atoms with Crippen LogP contribution in [0.4, 0.5) is 18.9 Å². The second-order valence-corrected chi connectivity index (χ2v) is 6.98. The fourth-order valence-corrected chi connectivity index (χ4v) is 3.02. The van der Waals surface area contributed by atoms with Gasteiger partial charge in [-0.15, -0.1) is 0 Å². The van der Waals surface area contributed by atoms with E-state index in [1.807, 2.05) is 0 Å². The Balaban J connectivity index is 1.79. The van der Waals surface area contributed by atoms with Crippen molar-refractivity contribution < 1.29 is 18.0 Å². The summed E-state index contributed by atoms with van der Waals surface area (Å²) in [5.74, 6) is -0.596. The zero-order valence-electron chi connectivity index (χ0n) is 14.1. The van der Waals surface area contributed by atoms with Crippen LogP contribution in [0.1, 0.15) is 46.1 Å². The molecule has 2 heterocycles. The van der Waals surface area contributed by atoms with E-state index in [0.717, 1.165) is 30.7 Å². The van der Waals surface area contributed by atoms with E-state index in [4.69, 9.17) is 11.6 Å². The van der Waals surface area contributed by atoms with E-state index in [0.29, 0.717) is 20.9 Å². The molecule has 1 N–H and O–H groups in total. The second-order valence-electron chi connectivity index (χ2n) is 6.55. The SMILES string of the molecule is Cc1ccc(Cl)cc1NC(=O)c1cnn2c(C(F)(F)F)cc(C3CC3)nc12. The Morgan fingerprint density at radius 2 is 2.04 bits per heavy atom. The highest BCUT2D eigenvalue weighted by Gasteiger charge is 2.38. The molecule has 1 aliphatic carbocycles. The number of aromatic nitrogens is 3. The molecule has 1 aliphatic rings. The third-order valence-corrected chi connectivity index (χ3v) is 4.71. The van der Waals surface area contributed by atoms with Gasteiger partial charge >= 0.3 is 6.18 Å². The van der Waals surface area contributed by atoms with E-state index < -0.39 is 17.8 Å². The highest BCUT2D eigenvalue weighted by molar-refractivity contribution is 6.31. The zero-order valence-corrected chi connectivity index (χ0v) is 14.9. The molecule has 9 heteroatoms. The molecule has 140 valence electrons. The maximum atomic E-state index is 13.4. The summed E-state index contributed by atoms with van der Waals surface area (Å²) in [6, 6.07) is 6.01. The van der Waals surface area contributed by atoms with Crippen LogP contribution in [0.5, 0.6) is 0 Å². The van der Waals surface area contributed by atoms with Gasteiger partial charge in [-0.3, -0.25) is 4.79 Å². The number of carbonyl (C=O) groups is 1. The van der Waals surface area contributed by atoms with E-state index in [9.17, 15) is 18.0 Å². The topological polar surface area (TPSA) is 59.3 Å². The third kappa shape index (κ3) is 3.37. The van der Waals surface area contributed by atoms with Crippen LogP contribution in [0.25, 0.3) is 5.65 Å². The largest absolute Gasteiger partial charge is 0.433 e. The Morgan fingerprint density at radius 1 is 1.30 bits per heavy atom. The molecular formula is C18H14ClF3N4O. The predicted octanol–water partition coefficient (Wildman–Crippen LogP) is 4.84. The number of hydrogen-bond donors (Lipinski definition) is 1. The summed E-state index contributed by atoms with van der Waals surface area (Å²) in [7, 11) is 0. The number of alkyl halides is 3. The molecule has 0 unspecified atom stereocenters. The van der Waals surface area contributed by atoms with Crippen molar-refractivity contribution in [3.8, 4) is 0 Å². The molecule has 0 radical (unpaired) electrons. The van der Waals surface area contributed by atoms with E-state index in [2.05, 4.69) is 15.4 Å². The Labute approximate surface area is 157 Å². The van der Waals surface area contributed by atoms with Crippen molar-refractivity contribution in [2.45, 2.75) is 31.9 Å². The highest BCUT2D eigenvalue weighted by atomic mass is 35.5. The normalized spacial score (nSPS) is 14.6. The fourth-order valence-electron chi connectivity index (χ4n) is 2.85. The van der Waals surface area contributed by atoms with Gasteiger partial charge in [-0.1, -0.05) is 17.7 Å². The van der Waals surface area contributed by atoms with Gasteiger partial charge in [-0.25, -0.2) is 9.50 Å². The number of amides is 1. The van der Waals surface area contributed by atoms with Gasteiger partial charge in [0, 0.05) is 22.3 Å². The van der Waals surface area contributed by atoms with Gasteiger partial charge in [-0.2, -0.15) is 18.3 Å². The number of halogens is 4. The molecular weight excluding hydrogens is 381 g/mol. The van der Waals surface area contributed by atoms with Crippen LogP contribution in [-0.2, 0) is 6.18 Å². The number of rotatable bonds is 3. The van der Waals surface area contributed by atoms with Gasteiger partial charge in [0.05, 0.1) is 6.20 Å². The lowest BCUT2D eigenvalue weighted by Gasteiger charge is -2.11. The lowest BCUT2D eigenvalue weighted by molar-refractivity contribution is -0.142. The van der Waals surface area contributed by atoms with Crippen molar-refractivity contribution >= 4 is 28.8 Å². The predicted molar refractivity (Wildman–Crippen MR) is 94.1 cm³/mol. The number of hydrogen-bond acceptors (Lipinski definition) is 3. The molecule has 0 aliphatic heterocycles. The molecule has 3 aromatic rings. The van der Waals surface area contributed by atoms with Crippen LogP contribution in [0.3, 0.4) is 0 Å². The van der Waals surface area contributed by atoms with E-state index in [-0.39, 0.29) is 17.1 Å². The van der Waals surface area contributed by atoms with Crippen LogP contribution in [0.2, 0.25) is 5.02 Å². The second kappa shape index (κ2) is 6.23. The Bertz CT molecular complexity index is 1060. The third-order valence-electron chi connectivity index (χ3n) is 4.47. The molecule has 1 saturated carbocycles. The number of nitrogens with one attached hydrogen (secondary N) is 1. The standard InChI is InChI=1S/C18H14ClF3N4O/c1-9-2-5-11(19)6-13(9)25-17(27)12-8-23-26-15(18(20,21)22)7-14(10-3-4-10)24-16(12)26/h2,5-8,10H,3-4H2,1H3,(H,25,27). The number of carbonyl (C=O) groups excluding carboxylic acids is 1. The minimum absolute atomic E-state index is 0.00270. The minimum Gasteiger partial charge on any atom is -0.322 e. The van der Waals surface area contributed by atoms with Crippen molar-refractivity contribution in [1.82, 2.24) is 14.6 Å². The van der Waals surface area contributed by atoms with Crippen molar-refractivity contribution in [2.75, 3.05) is 5.32 Å². The monoisotopic (exact) mass is 394 g/mol. The smallest absolute Gasteiger partial charge is 0.322 e. The van der Waals surface area contributed by atoms with Gasteiger partial charge in [0.1, 0.15) is 11.3 Å². The number of benzene rings is 1. The van der Waals surface area contributed by atoms with Gasteiger partial charge in [0.15, 0.2) is 5.65 Å².